The van der Waals surface area contributed by atoms with Crippen molar-refractivity contribution in [3.05, 3.63) is 53.3 Å². The number of benzene rings is 2. The van der Waals surface area contributed by atoms with Crippen molar-refractivity contribution in [2.75, 3.05) is 37.9 Å². The Kier molecular flexibility index (Phi) is 7.22. The van der Waals surface area contributed by atoms with Gasteiger partial charge in [0.1, 0.15) is 11.9 Å². The van der Waals surface area contributed by atoms with Crippen LogP contribution in [-0.4, -0.2) is 49.5 Å². The van der Waals surface area contributed by atoms with Crippen molar-refractivity contribution in [2.24, 2.45) is 10.7 Å². The summed E-state index contributed by atoms with van der Waals surface area (Å²) in [7, 11) is 3.21. The molecule has 1 aliphatic rings. The molecule has 1 saturated heterocycles. The van der Waals surface area contributed by atoms with Crippen LogP contribution in [0, 0.1) is 17.1 Å². The maximum atomic E-state index is 14.7. The first kappa shape index (κ1) is 24.1. The Morgan fingerprint density at radius 2 is 1.97 bits per heavy atom. The second kappa shape index (κ2) is 10.5. The molecule has 4 rings (SSSR count). The number of halogens is 1. The number of methoxy groups -OCH3 is 1. The third-order valence-electron chi connectivity index (χ3n) is 6.12. The van der Waals surface area contributed by atoms with Gasteiger partial charge >= 0.3 is 0 Å². The Balaban J connectivity index is 1.95. The van der Waals surface area contributed by atoms with E-state index in [1.165, 1.54) is 12.1 Å². The molecule has 1 aromatic heterocycles. The molecule has 35 heavy (non-hydrogen) atoms. The number of ether oxygens (including phenoxy) is 1. The van der Waals surface area contributed by atoms with Gasteiger partial charge in [0.25, 0.3) is 0 Å². The van der Waals surface area contributed by atoms with Gasteiger partial charge in [-0.25, -0.2) is 9.37 Å². The van der Waals surface area contributed by atoms with E-state index in [4.69, 9.17) is 26.2 Å². The van der Waals surface area contributed by atoms with E-state index in [2.05, 4.69) is 9.89 Å². The lowest BCUT2D eigenvalue weighted by Crippen LogP contribution is -2.28. The van der Waals surface area contributed by atoms with Gasteiger partial charge in [0.05, 0.1) is 23.9 Å². The number of hydrogen-bond acceptors (Lipinski definition) is 8. The number of rotatable bonds is 5. The topological polar surface area (TPSA) is 126 Å². The van der Waals surface area contributed by atoms with Gasteiger partial charge in [-0.15, -0.1) is 0 Å². The number of hydrogen-bond donors (Lipinski definition) is 2. The molecule has 8 nitrogen and oxygen atoms in total. The first-order chi connectivity index (χ1) is 16.9. The minimum absolute atomic E-state index is 0.0352. The number of nitrogens with two attached hydrogens (primary N) is 2. The molecule has 0 radical (unpaired) electrons. The smallest absolute Gasteiger partial charge is 0.229 e. The number of anilines is 2. The van der Waals surface area contributed by atoms with Crippen LogP contribution in [0.25, 0.3) is 22.4 Å². The summed E-state index contributed by atoms with van der Waals surface area (Å²) in [4.78, 5) is 15.8. The lowest BCUT2D eigenvalue weighted by molar-refractivity contribution is 0.399. The minimum atomic E-state index is -0.619. The number of aliphatic imine (C=N–C) groups is 1. The molecule has 1 atom stereocenters. The van der Waals surface area contributed by atoms with Gasteiger partial charge in [0.2, 0.25) is 11.8 Å². The van der Waals surface area contributed by atoms with E-state index in [1.807, 2.05) is 18.2 Å². The summed E-state index contributed by atoms with van der Waals surface area (Å²) >= 11 is 0. The third kappa shape index (κ3) is 5.08. The average Bonchev–Trinajstić information content (AvgIpc) is 3.09. The Morgan fingerprint density at radius 1 is 1.17 bits per heavy atom. The quantitative estimate of drug-likeness (QED) is 0.426. The fourth-order valence-corrected chi connectivity index (χ4v) is 4.24. The van der Waals surface area contributed by atoms with Crippen LogP contribution in [0.4, 0.5) is 16.0 Å². The molecule has 0 spiro atoms. The van der Waals surface area contributed by atoms with Crippen molar-refractivity contribution < 1.29 is 9.13 Å². The summed E-state index contributed by atoms with van der Waals surface area (Å²) < 4.78 is 20.4. The van der Waals surface area contributed by atoms with Crippen molar-refractivity contribution in [1.29, 1.82) is 5.26 Å². The average molecular weight is 474 g/mol. The molecule has 1 aliphatic heterocycles. The standard InChI is InChI=1S/C26H28FN7O/c1-31-15-19-12-16(7-8-22(19)30)23-24(17-5-6-18(14-28)21(27)13-17)32-26(33-25(23)35-2)34-10-3-4-20(29)9-11-34/h5-8,12-13,15,20H,3-4,9-11,29-30H2,1-2H3. The molecule has 0 aliphatic carbocycles. The van der Waals surface area contributed by atoms with Gasteiger partial charge in [0.15, 0.2) is 0 Å². The van der Waals surface area contributed by atoms with Gasteiger partial charge in [-0.3, -0.25) is 4.99 Å². The summed E-state index contributed by atoms with van der Waals surface area (Å²) in [5, 5.41) is 9.19. The van der Waals surface area contributed by atoms with E-state index in [9.17, 15) is 9.65 Å². The number of nitriles is 1. The second-order valence-electron chi connectivity index (χ2n) is 8.47. The van der Waals surface area contributed by atoms with Crippen LogP contribution in [0.1, 0.15) is 30.4 Å². The number of aromatic nitrogens is 2. The summed E-state index contributed by atoms with van der Waals surface area (Å²) in [5.41, 5.74) is 15.9. The highest BCUT2D eigenvalue weighted by Crippen LogP contribution is 2.40. The maximum absolute atomic E-state index is 14.7. The molecule has 3 aromatic rings. The van der Waals surface area contributed by atoms with E-state index in [0.29, 0.717) is 40.9 Å². The van der Waals surface area contributed by atoms with Crippen LogP contribution >= 0.6 is 0 Å². The van der Waals surface area contributed by atoms with E-state index in [1.54, 1.807) is 32.5 Å². The van der Waals surface area contributed by atoms with Crippen molar-refractivity contribution in [1.82, 2.24) is 9.97 Å². The molecule has 1 fully saturated rings. The van der Waals surface area contributed by atoms with E-state index in [0.717, 1.165) is 36.9 Å². The second-order valence-corrected chi connectivity index (χ2v) is 8.47. The predicted octanol–water partition coefficient (Wildman–Crippen LogP) is 3.78. The molecule has 0 bridgehead atoms. The summed E-state index contributed by atoms with van der Waals surface area (Å²) in [6.45, 7) is 1.47. The summed E-state index contributed by atoms with van der Waals surface area (Å²) in [6, 6.07) is 11.9. The molecule has 0 saturated carbocycles. The summed E-state index contributed by atoms with van der Waals surface area (Å²) in [5.74, 6) is 0.227. The fraction of sp³-hybridized carbons (Fsp3) is 0.308. The zero-order chi connectivity index (χ0) is 24.9. The third-order valence-corrected chi connectivity index (χ3v) is 6.12. The zero-order valence-electron chi connectivity index (χ0n) is 19.8. The van der Waals surface area contributed by atoms with Crippen LogP contribution < -0.4 is 21.1 Å². The summed E-state index contributed by atoms with van der Waals surface area (Å²) in [6.07, 6.45) is 4.35. The predicted molar refractivity (Wildman–Crippen MR) is 136 cm³/mol. The Hall–Kier alpha value is -4.03. The van der Waals surface area contributed by atoms with Crippen molar-refractivity contribution in [2.45, 2.75) is 25.3 Å². The SMILES string of the molecule is CN=Cc1cc(-c2c(OC)nc(N3CCCC(N)CC3)nc2-c2ccc(C#N)c(F)c2)ccc1N. The van der Waals surface area contributed by atoms with Gasteiger partial charge in [0, 0.05) is 49.2 Å². The fourth-order valence-electron chi connectivity index (χ4n) is 4.24. The Bertz CT molecular complexity index is 1300. The highest BCUT2D eigenvalue weighted by molar-refractivity contribution is 5.92. The lowest BCUT2D eigenvalue weighted by Gasteiger charge is -2.23. The number of nitrogens with zero attached hydrogens (tertiary/aromatic N) is 5. The van der Waals surface area contributed by atoms with Crippen LogP contribution in [-0.2, 0) is 0 Å². The molecule has 1 unspecified atom stereocenters. The molecule has 2 heterocycles. The molecule has 2 aromatic carbocycles. The van der Waals surface area contributed by atoms with E-state index < -0.39 is 5.82 Å². The molecular weight excluding hydrogens is 445 g/mol. The number of nitrogen functional groups attached to an aromatic ring is 1. The maximum Gasteiger partial charge on any atom is 0.229 e. The highest BCUT2D eigenvalue weighted by atomic mass is 19.1. The zero-order valence-corrected chi connectivity index (χ0v) is 19.8. The van der Waals surface area contributed by atoms with Crippen LogP contribution in [0.15, 0.2) is 41.4 Å². The minimum Gasteiger partial charge on any atom is -0.480 e. The van der Waals surface area contributed by atoms with Gasteiger partial charge < -0.3 is 21.1 Å². The monoisotopic (exact) mass is 473 g/mol. The molecule has 4 N–H and O–H groups in total. The van der Waals surface area contributed by atoms with Gasteiger partial charge in [-0.1, -0.05) is 12.1 Å². The normalized spacial score (nSPS) is 16.2. The first-order valence-corrected chi connectivity index (χ1v) is 11.4. The van der Waals surface area contributed by atoms with Gasteiger partial charge in [-0.05, 0) is 49.1 Å². The van der Waals surface area contributed by atoms with Crippen LogP contribution in [0.3, 0.4) is 0 Å². The highest BCUT2D eigenvalue weighted by Gasteiger charge is 2.24. The van der Waals surface area contributed by atoms with Crippen molar-refractivity contribution >= 4 is 17.9 Å². The first-order valence-electron chi connectivity index (χ1n) is 11.4. The lowest BCUT2D eigenvalue weighted by atomic mass is 9.97. The van der Waals surface area contributed by atoms with E-state index in [-0.39, 0.29) is 11.6 Å². The van der Waals surface area contributed by atoms with E-state index >= 15 is 0 Å². The van der Waals surface area contributed by atoms with Crippen LogP contribution in [0.2, 0.25) is 0 Å². The van der Waals surface area contributed by atoms with Crippen molar-refractivity contribution in [3.63, 3.8) is 0 Å². The Labute approximate surface area is 204 Å². The Morgan fingerprint density at radius 3 is 2.69 bits per heavy atom. The molecule has 180 valence electrons. The van der Waals surface area contributed by atoms with Crippen molar-refractivity contribution in [3.8, 4) is 34.3 Å². The molecule has 0 amide bonds. The molecular formula is C26H28FN7O. The largest absolute Gasteiger partial charge is 0.480 e. The van der Waals surface area contributed by atoms with Crippen LogP contribution in [0.5, 0.6) is 5.88 Å². The molecule has 9 heteroatoms. The van der Waals surface area contributed by atoms with Gasteiger partial charge in [-0.2, -0.15) is 10.2 Å².